The van der Waals surface area contributed by atoms with Gasteiger partial charge in [0.1, 0.15) is 0 Å². The minimum atomic E-state index is -1.00. The summed E-state index contributed by atoms with van der Waals surface area (Å²) in [6, 6.07) is 1.96. The number of anilines is 2. The van der Waals surface area contributed by atoms with Gasteiger partial charge in [0, 0.05) is 31.9 Å². The minimum absolute atomic E-state index is 0.127. The van der Waals surface area contributed by atoms with E-state index in [1.54, 1.807) is 0 Å². The summed E-state index contributed by atoms with van der Waals surface area (Å²) >= 11 is 0. The maximum Gasteiger partial charge on any atom is 0.337 e. The maximum atomic E-state index is 10.9. The summed E-state index contributed by atoms with van der Waals surface area (Å²) in [5.41, 5.74) is 6.49. The number of hydrogen-bond acceptors (Lipinski definition) is 5. The lowest BCUT2D eigenvalue weighted by Gasteiger charge is -2.40. The van der Waals surface area contributed by atoms with Crippen molar-refractivity contribution in [1.29, 1.82) is 0 Å². The van der Waals surface area contributed by atoms with E-state index in [0.717, 1.165) is 26.1 Å². The van der Waals surface area contributed by atoms with Crippen molar-refractivity contribution in [2.24, 2.45) is 0 Å². The number of nitrogens with zero attached hydrogens (tertiary/aromatic N) is 3. The molecule has 0 bridgehead atoms. The summed E-state index contributed by atoms with van der Waals surface area (Å²) < 4.78 is 0. The third kappa shape index (κ3) is 2.78. The molecule has 0 amide bonds. The number of carboxylic acid groups (broad SMARTS) is 1. The highest BCUT2D eigenvalue weighted by Gasteiger charge is 2.25. The summed E-state index contributed by atoms with van der Waals surface area (Å²) in [4.78, 5) is 19.6. The molecule has 1 aliphatic rings. The molecule has 19 heavy (non-hydrogen) atoms. The van der Waals surface area contributed by atoms with E-state index in [0.29, 0.717) is 17.5 Å². The minimum Gasteiger partial charge on any atom is -0.478 e. The zero-order chi connectivity index (χ0) is 14.0. The first kappa shape index (κ1) is 13.6. The molecule has 1 saturated heterocycles. The molecule has 0 spiro atoms. The Morgan fingerprint density at radius 2 is 2.32 bits per heavy atom. The summed E-state index contributed by atoms with van der Waals surface area (Å²) in [6.07, 6.45) is 2.44. The van der Waals surface area contributed by atoms with E-state index in [-0.39, 0.29) is 5.56 Å². The molecule has 0 saturated carbocycles. The number of piperazine rings is 1. The molecule has 1 aromatic heterocycles. The molecule has 0 radical (unpaired) electrons. The number of pyridine rings is 1. The fourth-order valence-corrected chi connectivity index (χ4v) is 2.43. The Morgan fingerprint density at radius 3 is 2.89 bits per heavy atom. The van der Waals surface area contributed by atoms with Gasteiger partial charge in [0.25, 0.3) is 0 Å². The second-order valence-corrected chi connectivity index (χ2v) is 4.93. The first-order chi connectivity index (χ1) is 9.02. The monoisotopic (exact) mass is 264 g/mol. The van der Waals surface area contributed by atoms with Crippen molar-refractivity contribution < 1.29 is 9.90 Å². The van der Waals surface area contributed by atoms with Gasteiger partial charge >= 0.3 is 5.97 Å². The molecule has 2 rings (SSSR count). The van der Waals surface area contributed by atoms with E-state index in [2.05, 4.69) is 28.8 Å². The Labute approximate surface area is 112 Å². The lowest BCUT2D eigenvalue weighted by molar-refractivity contribution is 0.0696. The number of nitrogens with two attached hydrogens (primary N) is 1. The first-order valence-electron chi connectivity index (χ1n) is 6.47. The van der Waals surface area contributed by atoms with E-state index < -0.39 is 5.97 Å². The van der Waals surface area contributed by atoms with Gasteiger partial charge in [-0.2, -0.15) is 0 Å². The molecule has 2 heterocycles. The summed E-state index contributed by atoms with van der Waals surface area (Å²) in [6.45, 7) is 4.85. The van der Waals surface area contributed by atoms with Crippen LogP contribution in [-0.4, -0.2) is 53.7 Å². The Hall–Kier alpha value is -1.82. The van der Waals surface area contributed by atoms with Gasteiger partial charge in [0.15, 0.2) is 5.82 Å². The molecular weight excluding hydrogens is 244 g/mol. The van der Waals surface area contributed by atoms with Crippen LogP contribution in [0.4, 0.5) is 11.5 Å². The lowest BCUT2D eigenvalue weighted by Crippen LogP contribution is -2.51. The zero-order valence-corrected chi connectivity index (χ0v) is 11.3. The third-order valence-electron chi connectivity index (χ3n) is 3.69. The number of rotatable bonds is 3. The predicted octanol–water partition coefficient (Wildman–Crippen LogP) is 0.892. The highest BCUT2D eigenvalue weighted by molar-refractivity contribution is 5.89. The molecule has 104 valence electrons. The normalized spacial score (nSPS) is 20.5. The van der Waals surface area contributed by atoms with Crippen LogP contribution < -0.4 is 10.6 Å². The zero-order valence-electron chi connectivity index (χ0n) is 11.3. The summed E-state index contributed by atoms with van der Waals surface area (Å²) in [5.74, 6) is -0.313. The topological polar surface area (TPSA) is 82.7 Å². The molecular formula is C13H20N4O2. The molecule has 1 fully saturated rings. The molecule has 6 heteroatoms. The number of carbonyl (C=O) groups is 1. The van der Waals surface area contributed by atoms with Crippen LogP contribution in [0.1, 0.15) is 23.7 Å². The highest BCUT2D eigenvalue weighted by Crippen LogP contribution is 2.24. The second kappa shape index (κ2) is 5.44. The van der Waals surface area contributed by atoms with Crippen LogP contribution in [0.2, 0.25) is 0 Å². The van der Waals surface area contributed by atoms with Crippen molar-refractivity contribution >= 4 is 17.5 Å². The molecule has 0 aliphatic carbocycles. The van der Waals surface area contributed by atoms with Crippen molar-refractivity contribution in [3.63, 3.8) is 0 Å². The Balaban J connectivity index is 2.20. The van der Waals surface area contributed by atoms with Crippen LogP contribution in [0.3, 0.4) is 0 Å². The fourth-order valence-electron chi connectivity index (χ4n) is 2.43. The van der Waals surface area contributed by atoms with E-state index in [1.807, 2.05) is 0 Å². The van der Waals surface area contributed by atoms with Crippen molar-refractivity contribution in [3.05, 3.63) is 17.8 Å². The SMILES string of the molecule is CCC1CN(c2ncc(C(=O)O)cc2N)CCN1C. The fraction of sp³-hybridized carbons (Fsp3) is 0.538. The van der Waals surface area contributed by atoms with Gasteiger partial charge in [-0.15, -0.1) is 0 Å². The quantitative estimate of drug-likeness (QED) is 0.843. The van der Waals surface area contributed by atoms with Crippen LogP contribution in [0, 0.1) is 0 Å². The van der Waals surface area contributed by atoms with Crippen LogP contribution in [-0.2, 0) is 0 Å². The summed E-state index contributed by atoms with van der Waals surface area (Å²) in [7, 11) is 2.12. The molecule has 3 N–H and O–H groups in total. The highest BCUT2D eigenvalue weighted by atomic mass is 16.4. The molecule has 1 unspecified atom stereocenters. The average molecular weight is 264 g/mol. The van der Waals surface area contributed by atoms with Crippen LogP contribution in [0.5, 0.6) is 0 Å². The van der Waals surface area contributed by atoms with Crippen molar-refractivity contribution in [3.8, 4) is 0 Å². The molecule has 1 aliphatic heterocycles. The standard InChI is InChI=1S/C13H20N4O2/c1-3-10-8-17(5-4-16(10)2)12-11(14)6-9(7-15-12)13(18)19/h6-7,10H,3-5,8,14H2,1-2H3,(H,18,19). The second-order valence-electron chi connectivity index (χ2n) is 4.93. The number of hydrogen-bond donors (Lipinski definition) is 2. The maximum absolute atomic E-state index is 10.9. The van der Waals surface area contributed by atoms with Gasteiger partial charge in [-0.25, -0.2) is 9.78 Å². The summed E-state index contributed by atoms with van der Waals surface area (Å²) in [5, 5.41) is 8.91. The van der Waals surface area contributed by atoms with Crippen molar-refractivity contribution in [2.75, 3.05) is 37.3 Å². The van der Waals surface area contributed by atoms with Crippen LogP contribution in [0.25, 0.3) is 0 Å². The Morgan fingerprint density at radius 1 is 1.58 bits per heavy atom. The van der Waals surface area contributed by atoms with Gasteiger partial charge in [-0.1, -0.05) is 6.92 Å². The van der Waals surface area contributed by atoms with Gasteiger partial charge < -0.3 is 15.7 Å². The van der Waals surface area contributed by atoms with E-state index in [1.165, 1.54) is 12.3 Å². The van der Waals surface area contributed by atoms with Crippen LogP contribution >= 0.6 is 0 Å². The number of aromatic nitrogens is 1. The van der Waals surface area contributed by atoms with Gasteiger partial charge in [-0.3, -0.25) is 4.90 Å². The third-order valence-corrected chi connectivity index (χ3v) is 3.69. The van der Waals surface area contributed by atoms with Crippen molar-refractivity contribution in [2.45, 2.75) is 19.4 Å². The average Bonchev–Trinajstić information content (AvgIpc) is 2.39. The van der Waals surface area contributed by atoms with Gasteiger partial charge in [-0.05, 0) is 19.5 Å². The Kier molecular flexibility index (Phi) is 3.90. The first-order valence-corrected chi connectivity index (χ1v) is 6.47. The van der Waals surface area contributed by atoms with Crippen molar-refractivity contribution in [1.82, 2.24) is 9.88 Å². The molecule has 1 atom stereocenters. The smallest absolute Gasteiger partial charge is 0.337 e. The molecule has 6 nitrogen and oxygen atoms in total. The van der Waals surface area contributed by atoms with Gasteiger partial charge in [0.05, 0.1) is 11.3 Å². The molecule has 1 aromatic rings. The number of nitrogen functional groups attached to an aromatic ring is 1. The Bertz CT molecular complexity index is 478. The predicted molar refractivity (Wildman–Crippen MR) is 74.5 cm³/mol. The lowest BCUT2D eigenvalue weighted by atomic mass is 10.1. The number of carboxylic acids is 1. The van der Waals surface area contributed by atoms with Crippen LogP contribution in [0.15, 0.2) is 12.3 Å². The van der Waals surface area contributed by atoms with E-state index in [4.69, 9.17) is 10.8 Å². The number of aromatic carboxylic acids is 1. The van der Waals surface area contributed by atoms with Gasteiger partial charge in [0.2, 0.25) is 0 Å². The van der Waals surface area contributed by atoms with E-state index >= 15 is 0 Å². The largest absolute Gasteiger partial charge is 0.478 e. The van der Waals surface area contributed by atoms with E-state index in [9.17, 15) is 4.79 Å². The molecule has 0 aromatic carbocycles. The number of likely N-dealkylation sites (N-methyl/N-ethyl adjacent to an activating group) is 1.